The lowest BCUT2D eigenvalue weighted by atomic mass is 10.1. The minimum absolute atomic E-state index is 0.0204. The number of fused-ring (bicyclic) bond motifs is 1. The molecule has 1 aliphatic rings. The van der Waals surface area contributed by atoms with E-state index < -0.39 is 0 Å². The van der Waals surface area contributed by atoms with Crippen LogP contribution in [0.1, 0.15) is 18.1 Å². The maximum atomic E-state index is 12.3. The Kier molecular flexibility index (Phi) is 3.95. The molecule has 0 radical (unpaired) electrons. The smallest absolute Gasteiger partial charge is 0.241 e. The molecule has 0 saturated heterocycles. The van der Waals surface area contributed by atoms with Crippen LogP contribution < -0.4 is 5.32 Å². The maximum absolute atomic E-state index is 12.3. The van der Waals surface area contributed by atoms with Crippen LogP contribution in [0, 0.1) is 0 Å². The quantitative estimate of drug-likeness (QED) is 0.917. The first-order chi connectivity index (χ1) is 10.1. The zero-order valence-electron chi connectivity index (χ0n) is 11.8. The van der Waals surface area contributed by atoms with Crippen LogP contribution in [-0.4, -0.2) is 16.8 Å². The summed E-state index contributed by atoms with van der Waals surface area (Å²) in [7, 11) is 0. The van der Waals surface area contributed by atoms with Crippen LogP contribution in [0.15, 0.2) is 48.5 Å². The topological polar surface area (TPSA) is 32.3 Å². The lowest BCUT2D eigenvalue weighted by Crippen LogP contribution is -2.38. The number of carbonyl (C=O) groups is 1. The number of carbonyl (C=O) groups excluding carboxylic acids is 1. The van der Waals surface area contributed by atoms with Crippen LogP contribution in [0.3, 0.4) is 0 Å². The second-order valence-corrected chi connectivity index (χ2v) is 5.79. The highest BCUT2D eigenvalue weighted by Gasteiger charge is 2.26. The first-order valence-electron chi connectivity index (χ1n) is 7.01. The van der Waals surface area contributed by atoms with Gasteiger partial charge in [-0.1, -0.05) is 41.9 Å². The van der Waals surface area contributed by atoms with Crippen molar-refractivity contribution in [1.29, 1.82) is 0 Å². The lowest BCUT2D eigenvalue weighted by molar-refractivity contribution is -0.120. The van der Waals surface area contributed by atoms with E-state index in [2.05, 4.69) is 22.3 Å². The summed E-state index contributed by atoms with van der Waals surface area (Å²) in [4.78, 5) is 14.4. The molecule has 3 nitrogen and oxygen atoms in total. The maximum Gasteiger partial charge on any atom is 0.241 e. The van der Waals surface area contributed by atoms with Crippen molar-refractivity contribution in [3.8, 4) is 0 Å². The number of hydrogen-bond donors (Lipinski definition) is 1. The predicted octanol–water partition coefficient (Wildman–Crippen LogP) is 3.68. The first kappa shape index (κ1) is 14.1. The monoisotopic (exact) mass is 300 g/mol. The minimum Gasteiger partial charge on any atom is -0.324 e. The van der Waals surface area contributed by atoms with Crippen LogP contribution in [0.5, 0.6) is 0 Å². The van der Waals surface area contributed by atoms with E-state index in [9.17, 15) is 4.79 Å². The Labute approximate surface area is 129 Å². The van der Waals surface area contributed by atoms with Crippen LogP contribution >= 0.6 is 11.6 Å². The molecule has 1 amide bonds. The largest absolute Gasteiger partial charge is 0.324 e. The molecule has 0 saturated carbocycles. The van der Waals surface area contributed by atoms with Gasteiger partial charge in [-0.2, -0.15) is 0 Å². The highest BCUT2D eigenvalue weighted by Crippen LogP contribution is 2.27. The summed E-state index contributed by atoms with van der Waals surface area (Å²) in [6.07, 6.45) is 0. The molecule has 0 fully saturated rings. The molecule has 1 atom stereocenters. The molecule has 1 aliphatic heterocycles. The van der Waals surface area contributed by atoms with Gasteiger partial charge >= 0.3 is 0 Å². The van der Waals surface area contributed by atoms with E-state index in [4.69, 9.17) is 11.6 Å². The van der Waals surface area contributed by atoms with E-state index in [1.807, 2.05) is 37.3 Å². The summed E-state index contributed by atoms with van der Waals surface area (Å²) in [5.41, 5.74) is 3.10. The number of amides is 1. The number of hydrogen-bond acceptors (Lipinski definition) is 2. The summed E-state index contributed by atoms with van der Waals surface area (Å²) >= 11 is 6.08. The Bertz CT molecular complexity index is 657. The number of anilines is 1. The highest BCUT2D eigenvalue weighted by molar-refractivity contribution is 6.30. The Morgan fingerprint density at radius 2 is 2.00 bits per heavy atom. The third kappa shape index (κ3) is 3.09. The van der Waals surface area contributed by atoms with Gasteiger partial charge in [0.25, 0.3) is 0 Å². The SMILES string of the molecule is CC1C(=O)Nc2ccc(Cl)cc2CN1Cc1ccccc1. The predicted molar refractivity (Wildman–Crippen MR) is 85.2 cm³/mol. The van der Waals surface area contributed by atoms with Gasteiger partial charge in [-0.3, -0.25) is 9.69 Å². The first-order valence-corrected chi connectivity index (χ1v) is 7.38. The molecule has 0 aromatic heterocycles. The average molecular weight is 301 g/mol. The fraction of sp³-hybridized carbons (Fsp3) is 0.235. The van der Waals surface area contributed by atoms with Gasteiger partial charge in [0, 0.05) is 23.8 Å². The van der Waals surface area contributed by atoms with Crippen molar-refractivity contribution in [3.63, 3.8) is 0 Å². The molecule has 2 aromatic carbocycles. The van der Waals surface area contributed by atoms with Crippen molar-refractivity contribution >= 4 is 23.2 Å². The fourth-order valence-electron chi connectivity index (χ4n) is 2.58. The van der Waals surface area contributed by atoms with Crippen LogP contribution in [-0.2, 0) is 17.9 Å². The Hall–Kier alpha value is -1.84. The highest BCUT2D eigenvalue weighted by atomic mass is 35.5. The standard InChI is InChI=1S/C17H17ClN2O/c1-12-17(21)19-16-8-7-15(18)9-14(16)11-20(12)10-13-5-3-2-4-6-13/h2-9,12H,10-11H2,1H3,(H,19,21). The minimum atomic E-state index is -0.184. The molecular formula is C17H17ClN2O. The van der Waals surface area contributed by atoms with E-state index in [0.717, 1.165) is 17.8 Å². The number of nitrogens with one attached hydrogen (secondary N) is 1. The van der Waals surface area contributed by atoms with E-state index in [1.165, 1.54) is 5.56 Å². The van der Waals surface area contributed by atoms with Crippen LogP contribution in [0.2, 0.25) is 5.02 Å². The zero-order chi connectivity index (χ0) is 14.8. The summed E-state index contributed by atoms with van der Waals surface area (Å²) < 4.78 is 0. The molecule has 0 spiro atoms. The summed E-state index contributed by atoms with van der Waals surface area (Å²) in [5.74, 6) is 0.0204. The summed E-state index contributed by atoms with van der Waals surface area (Å²) in [6, 6.07) is 15.6. The van der Waals surface area contributed by atoms with Crippen molar-refractivity contribution in [3.05, 3.63) is 64.7 Å². The summed E-state index contributed by atoms with van der Waals surface area (Å²) in [6.45, 7) is 3.37. The third-order valence-corrected chi connectivity index (χ3v) is 4.09. The van der Waals surface area contributed by atoms with Gasteiger partial charge in [0.15, 0.2) is 0 Å². The molecule has 21 heavy (non-hydrogen) atoms. The Balaban J connectivity index is 1.91. The molecule has 1 N–H and O–H groups in total. The van der Waals surface area contributed by atoms with E-state index >= 15 is 0 Å². The third-order valence-electron chi connectivity index (χ3n) is 3.85. The normalized spacial score (nSPS) is 18.8. The van der Waals surface area contributed by atoms with Crippen molar-refractivity contribution in [2.24, 2.45) is 0 Å². The van der Waals surface area contributed by atoms with Gasteiger partial charge in [0.2, 0.25) is 5.91 Å². The van der Waals surface area contributed by atoms with Crippen molar-refractivity contribution < 1.29 is 4.79 Å². The molecule has 2 aromatic rings. The number of benzene rings is 2. The van der Waals surface area contributed by atoms with Gasteiger partial charge in [-0.15, -0.1) is 0 Å². The van der Waals surface area contributed by atoms with Crippen molar-refractivity contribution in [2.75, 3.05) is 5.32 Å². The molecular weight excluding hydrogens is 284 g/mol. The van der Waals surface area contributed by atoms with Crippen LogP contribution in [0.25, 0.3) is 0 Å². The summed E-state index contributed by atoms with van der Waals surface area (Å²) in [5, 5.41) is 3.67. The van der Waals surface area contributed by atoms with Gasteiger partial charge in [-0.05, 0) is 36.2 Å². The zero-order valence-corrected chi connectivity index (χ0v) is 12.6. The van der Waals surface area contributed by atoms with Gasteiger partial charge in [0.1, 0.15) is 0 Å². The van der Waals surface area contributed by atoms with E-state index in [1.54, 1.807) is 6.07 Å². The van der Waals surface area contributed by atoms with Crippen LogP contribution in [0.4, 0.5) is 5.69 Å². The molecule has 0 aliphatic carbocycles. The van der Waals surface area contributed by atoms with Gasteiger partial charge in [-0.25, -0.2) is 0 Å². The Morgan fingerprint density at radius 1 is 1.24 bits per heavy atom. The molecule has 0 bridgehead atoms. The number of rotatable bonds is 2. The second kappa shape index (κ2) is 5.88. The second-order valence-electron chi connectivity index (χ2n) is 5.36. The lowest BCUT2D eigenvalue weighted by Gasteiger charge is -2.25. The van der Waals surface area contributed by atoms with E-state index in [0.29, 0.717) is 11.6 Å². The number of halogens is 1. The average Bonchev–Trinajstić information content (AvgIpc) is 2.59. The van der Waals surface area contributed by atoms with E-state index in [-0.39, 0.29) is 11.9 Å². The fourth-order valence-corrected chi connectivity index (χ4v) is 2.78. The molecule has 1 unspecified atom stereocenters. The number of nitrogens with zero attached hydrogens (tertiary/aromatic N) is 1. The molecule has 1 heterocycles. The van der Waals surface area contributed by atoms with Crippen molar-refractivity contribution in [1.82, 2.24) is 4.90 Å². The Morgan fingerprint density at radius 3 is 2.76 bits per heavy atom. The molecule has 4 heteroatoms. The van der Waals surface area contributed by atoms with Gasteiger partial charge < -0.3 is 5.32 Å². The molecule has 3 rings (SSSR count). The van der Waals surface area contributed by atoms with Crippen molar-refractivity contribution in [2.45, 2.75) is 26.1 Å². The van der Waals surface area contributed by atoms with Gasteiger partial charge in [0.05, 0.1) is 6.04 Å². The molecule has 108 valence electrons.